The van der Waals surface area contributed by atoms with E-state index in [-0.39, 0.29) is 0 Å². The molecule has 1 aliphatic heterocycles. The van der Waals surface area contributed by atoms with Gasteiger partial charge in [-0.15, -0.1) is 0 Å². The Hall–Kier alpha value is -2.40. The highest BCUT2D eigenvalue weighted by Gasteiger charge is 2.28. The molecule has 0 N–H and O–H groups in total. The second-order valence-electron chi connectivity index (χ2n) is 8.47. The largest absolute Gasteiger partial charge is 0.355 e. The highest BCUT2D eigenvalue weighted by Crippen LogP contribution is 2.38. The second kappa shape index (κ2) is 7.21. The van der Waals surface area contributed by atoms with Gasteiger partial charge in [0.25, 0.3) is 0 Å². The number of rotatable bonds is 5. The van der Waals surface area contributed by atoms with Crippen LogP contribution in [-0.4, -0.2) is 45.6 Å². The zero-order valence-corrected chi connectivity index (χ0v) is 16.9. The van der Waals surface area contributed by atoms with Crippen molar-refractivity contribution in [1.82, 2.24) is 19.4 Å². The fourth-order valence-electron chi connectivity index (χ4n) is 4.57. The van der Waals surface area contributed by atoms with Gasteiger partial charge < -0.3 is 9.47 Å². The topological polar surface area (TPSA) is 37.2 Å². The summed E-state index contributed by atoms with van der Waals surface area (Å²) >= 11 is 0. The molecule has 3 aromatic rings. The third-order valence-electron chi connectivity index (χ3n) is 6.37. The Labute approximate surface area is 167 Å². The quantitative estimate of drug-likeness (QED) is 0.677. The summed E-state index contributed by atoms with van der Waals surface area (Å²) in [6.07, 6.45) is 9.18. The van der Waals surface area contributed by atoms with Gasteiger partial charge >= 0.3 is 0 Å². The van der Waals surface area contributed by atoms with Gasteiger partial charge in [-0.1, -0.05) is 18.2 Å². The molecule has 0 spiro atoms. The first-order valence-corrected chi connectivity index (χ1v) is 10.5. The molecule has 3 heterocycles. The van der Waals surface area contributed by atoms with Gasteiger partial charge in [0.05, 0.1) is 0 Å². The lowest BCUT2D eigenvalue weighted by Gasteiger charge is -2.38. The summed E-state index contributed by atoms with van der Waals surface area (Å²) in [5, 5.41) is 1.38. The van der Waals surface area contributed by atoms with Crippen molar-refractivity contribution < 1.29 is 0 Å². The van der Waals surface area contributed by atoms with Crippen LogP contribution in [0.15, 0.2) is 42.7 Å². The minimum Gasteiger partial charge on any atom is -0.355 e. The Balaban J connectivity index is 1.31. The Morgan fingerprint density at radius 2 is 2.00 bits per heavy atom. The molecule has 1 saturated carbocycles. The van der Waals surface area contributed by atoms with Crippen LogP contribution in [0.5, 0.6) is 0 Å². The highest BCUT2D eigenvalue weighted by atomic mass is 15.3. The van der Waals surface area contributed by atoms with Crippen molar-refractivity contribution in [2.24, 2.45) is 7.05 Å². The maximum absolute atomic E-state index is 4.86. The lowest BCUT2D eigenvalue weighted by molar-refractivity contribution is 0.199. The molecule has 0 amide bonds. The number of piperidine rings is 1. The van der Waals surface area contributed by atoms with Crippen LogP contribution in [0.3, 0.4) is 0 Å². The molecule has 5 rings (SSSR count). The van der Waals surface area contributed by atoms with E-state index in [9.17, 15) is 0 Å². The Morgan fingerprint density at radius 3 is 2.86 bits per heavy atom. The van der Waals surface area contributed by atoms with E-state index >= 15 is 0 Å². The molecule has 5 heteroatoms. The van der Waals surface area contributed by atoms with E-state index < -0.39 is 0 Å². The van der Waals surface area contributed by atoms with Crippen LogP contribution in [0.4, 0.5) is 5.82 Å². The Kier molecular flexibility index (Phi) is 4.55. The lowest BCUT2D eigenvalue weighted by Crippen LogP contribution is -2.46. The smallest absolute Gasteiger partial charge is 0.133 e. The van der Waals surface area contributed by atoms with E-state index in [2.05, 4.69) is 70.0 Å². The van der Waals surface area contributed by atoms with Crippen molar-refractivity contribution >= 4 is 16.7 Å². The number of anilines is 1. The molecule has 2 aliphatic rings. The number of benzene rings is 1. The van der Waals surface area contributed by atoms with Crippen molar-refractivity contribution in [3.8, 4) is 0 Å². The first kappa shape index (κ1) is 17.7. The number of likely N-dealkylation sites (N-methyl/N-ethyl adjacent to an activating group) is 1. The predicted molar refractivity (Wildman–Crippen MR) is 114 cm³/mol. The summed E-state index contributed by atoms with van der Waals surface area (Å²) in [4.78, 5) is 14.3. The zero-order valence-electron chi connectivity index (χ0n) is 16.9. The number of likely N-dealkylation sites (tertiary alicyclic amines) is 1. The van der Waals surface area contributed by atoms with Crippen molar-refractivity contribution in [3.63, 3.8) is 0 Å². The van der Waals surface area contributed by atoms with E-state index in [1.54, 1.807) is 0 Å². The predicted octanol–water partition coefficient (Wildman–Crippen LogP) is 3.95. The van der Waals surface area contributed by atoms with Crippen molar-refractivity contribution in [1.29, 1.82) is 0 Å². The van der Waals surface area contributed by atoms with E-state index in [0.29, 0.717) is 12.0 Å². The van der Waals surface area contributed by atoms with Crippen LogP contribution < -0.4 is 4.90 Å². The molecular formula is C23H29N5. The van der Waals surface area contributed by atoms with Gasteiger partial charge in [0.15, 0.2) is 0 Å². The molecule has 1 atom stereocenters. The van der Waals surface area contributed by atoms with Gasteiger partial charge in [-0.05, 0) is 49.9 Å². The average Bonchev–Trinajstić information content (AvgIpc) is 3.54. The summed E-state index contributed by atoms with van der Waals surface area (Å²) < 4.78 is 2.25. The molecule has 146 valence electrons. The molecule has 0 bridgehead atoms. The number of fused-ring (bicyclic) bond motifs is 1. The zero-order chi connectivity index (χ0) is 19.1. The normalized spacial score (nSPS) is 20.6. The van der Waals surface area contributed by atoms with Crippen LogP contribution in [0.1, 0.15) is 43.0 Å². The number of hydrogen-bond acceptors (Lipinski definition) is 4. The van der Waals surface area contributed by atoms with Crippen LogP contribution in [0.2, 0.25) is 0 Å². The minimum atomic E-state index is 0.505. The number of nitrogens with zero attached hydrogens (tertiary/aromatic N) is 5. The summed E-state index contributed by atoms with van der Waals surface area (Å²) in [6.45, 7) is 3.27. The number of para-hydroxylation sites is 1. The van der Waals surface area contributed by atoms with Gasteiger partial charge in [-0.2, -0.15) is 0 Å². The Bertz CT molecular complexity index is 974. The molecule has 5 nitrogen and oxygen atoms in total. The van der Waals surface area contributed by atoms with Crippen molar-refractivity contribution in [2.75, 3.05) is 25.0 Å². The van der Waals surface area contributed by atoms with Gasteiger partial charge in [-0.3, -0.25) is 4.90 Å². The minimum absolute atomic E-state index is 0.505. The number of aromatic nitrogens is 3. The third kappa shape index (κ3) is 3.39. The van der Waals surface area contributed by atoms with E-state index in [4.69, 9.17) is 4.98 Å². The van der Waals surface area contributed by atoms with Gasteiger partial charge in [0, 0.05) is 62.4 Å². The number of hydrogen-bond donors (Lipinski definition) is 0. The van der Waals surface area contributed by atoms with Gasteiger partial charge in [0.1, 0.15) is 11.6 Å². The molecule has 2 fully saturated rings. The summed E-state index contributed by atoms with van der Waals surface area (Å²) in [6, 6.07) is 11.3. The molecular weight excluding hydrogens is 346 g/mol. The molecule has 1 saturated heterocycles. The first-order chi connectivity index (χ1) is 13.7. The van der Waals surface area contributed by atoms with Crippen molar-refractivity contribution in [3.05, 3.63) is 54.1 Å². The third-order valence-corrected chi connectivity index (χ3v) is 6.37. The van der Waals surface area contributed by atoms with Gasteiger partial charge in [-0.25, -0.2) is 9.97 Å². The SMILES string of the molecule is CN(c1ccnc(C2CC2)n1)C1CCCN(Cc2cn(C)c3ccccc23)C1. The Morgan fingerprint density at radius 1 is 1.14 bits per heavy atom. The fourth-order valence-corrected chi connectivity index (χ4v) is 4.57. The molecule has 1 aliphatic carbocycles. The second-order valence-corrected chi connectivity index (χ2v) is 8.47. The monoisotopic (exact) mass is 375 g/mol. The number of aryl methyl sites for hydroxylation is 1. The van der Waals surface area contributed by atoms with E-state index in [1.165, 1.54) is 48.7 Å². The first-order valence-electron chi connectivity index (χ1n) is 10.5. The molecule has 1 unspecified atom stereocenters. The molecule has 28 heavy (non-hydrogen) atoms. The summed E-state index contributed by atoms with van der Waals surface area (Å²) in [7, 11) is 4.34. The van der Waals surface area contributed by atoms with Crippen LogP contribution in [0.25, 0.3) is 10.9 Å². The fraction of sp³-hybridized carbons (Fsp3) is 0.478. The molecule has 0 radical (unpaired) electrons. The lowest BCUT2D eigenvalue weighted by atomic mass is 10.0. The van der Waals surface area contributed by atoms with Gasteiger partial charge in [0.2, 0.25) is 0 Å². The maximum atomic E-state index is 4.86. The van der Waals surface area contributed by atoms with E-state index in [1.807, 2.05) is 6.20 Å². The molecule has 1 aromatic carbocycles. The van der Waals surface area contributed by atoms with Crippen LogP contribution >= 0.6 is 0 Å². The summed E-state index contributed by atoms with van der Waals surface area (Å²) in [5.41, 5.74) is 2.75. The van der Waals surface area contributed by atoms with Crippen LogP contribution in [-0.2, 0) is 13.6 Å². The maximum Gasteiger partial charge on any atom is 0.133 e. The summed E-state index contributed by atoms with van der Waals surface area (Å²) in [5.74, 6) is 2.71. The standard InChI is InChI=1S/C23H29N5/c1-26-14-18(20-7-3-4-8-21(20)26)15-28-13-5-6-19(16-28)27(2)22-11-12-24-23(25-22)17-9-10-17/h3-4,7-8,11-12,14,17,19H,5-6,9-10,13,15-16H2,1-2H3. The van der Waals surface area contributed by atoms with Crippen molar-refractivity contribution in [2.45, 2.75) is 44.2 Å². The van der Waals surface area contributed by atoms with E-state index in [0.717, 1.165) is 24.7 Å². The highest BCUT2D eigenvalue weighted by molar-refractivity contribution is 5.83. The molecule has 2 aromatic heterocycles. The van der Waals surface area contributed by atoms with Crippen LogP contribution in [0, 0.1) is 0 Å². The average molecular weight is 376 g/mol.